The second-order valence-electron chi connectivity index (χ2n) is 4.63. The maximum Gasteiger partial charge on any atom is 0.258 e. The number of carbonyl (C=O) groups excluding carboxylic acids is 2. The summed E-state index contributed by atoms with van der Waals surface area (Å²) in [6.45, 7) is -0.395. The highest BCUT2D eigenvalue weighted by atomic mass is 35.5. The molecule has 2 N–H and O–H groups in total. The third-order valence-corrected chi connectivity index (χ3v) is 3.07. The number of amides is 2. The van der Waals surface area contributed by atoms with E-state index in [0.717, 1.165) is 0 Å². The number of nitrogens with zero attached hydrogens (tertiary/aromatic N) is 1. The number of hydrogen-bond acceptors (Lipinski definition) is 5. The number of halogens is 1. The van der Waals surface area contributed by atoms with E-state index in [2.05, 4.69) is 15.6 Å². The molecular formula is C16H16ClN3O4. The molecule has 8 heteroatoms. The van der Waals surface area contributed by atoms with Gasteiger partial charge in [-0.25, -0.2) is 4.98 Å². The highest BCUT2D eigenvalue weighted by Gasteiger charge is 2.07. The van der Waals surface area contributed by atoms with Crippen molar-refractivity contribution >= 4 is 29.2 Å². The predicted molar refractivity (Wildman–Crippen MR) is 89.4 cm³/mol. The molecule has 1 aromatic heterocycles. The van der Waals surface area contributed by atoms with Crippen LogP contribution in [-0.2, 0) is 9.59 Å². The average Bonchev–Trinajstić information content (AvgIpc) is 2.58. The quantitative estimate of drug-likeness (QED) is 0.745. The maximum atomic E-state index is 11.7. The van der Waals surface area contributed by atoms with Gasteiger partial charge in [-0.3, -0.25) is 9.59 Å². The van der Waals surface area contributed by atoms with Gasteiger partial charge in [-0.05, 0) is 36.4 Å². The van der Waals surface area contributed by atoms with Crippen molar-refractivity contribution in [1.29, 1.82) is 0 Å². The molecule has 0 atom stereocenters. The number of aromatic nitrogens is 1. The van der Waals surface area contributed by atoms with Crippen molar-refractivity contribution in [3.63, 3.8) is 0 Å². The number of pyridine rings is 1. The van der Waals surface area contributed by atoms with Gasteiger partial charge in [0, 0.05) is 0 Å². The van der Waals surface area contributed by atoms with Crippen molar-refractivity contribution < 1.29 is 19.1 Å². The highest BCUT2D eigenvalue weighted by Crippen LogP contribution is 2.16. The molecule has 0 spiro atoms. The minimum Gasteiger partial charge on any atom is -0.497 e. The van der Waals surface area contributed by atoms with Gasteiger partial charge in [0.1, 0.15) is 22.5 Å². The zero-order chi connectivity index (χ0) is 17.4. The number of carbonyl (C=O) groups is 2. The molecular weight excluding hydrogens is 334 g/mol. The first-order chi connectivity index (χ1) is 11.6. The van der Waals surface area contributed by atoms with Crippen LogP contribution in [0.1, 0.15) is 0 Å². The van der Waals surface area contributed by atoms with Crippen LogP contribution in [0.25, 0.3) is 0 Å². The number of nitrogens with one attached hydrogen (secondary N) is 2. The monoisotopic (exact) mass is 349 g/mol. The normalized spacial score (nSPS) is 9.92. The summed E-state index contributed by atoms with van der Waals surface area (Å²) in [6.07, 6.45) is 0. The van der Waals surface area contributed by atoms with Crippen LogP contribution in [0.3, 0.4) is 0 Å². The van der Waals surface area contributed by atoms with E-state index in [1.165, 1.54) is 0 Å². The Hall–Kier alpha value is -2.80. The second-order valence-corrected chi connectivity index (χ2v) is 5.02. The van der Waals surface area contributed by atoms with Crippen LogP contribution in [0.2, 0.25) is 5.15 Å². The van der Waals surface area contributed by atoms with Gasteiger partial charge >= 0.3 is 0 Å². The summed E-state index contributed by atoms with van der Waals surface area (Å²) in [7, 11) is 1.56. The van der Waals surface area contributed by atoms with E-state index in [9.17, 15) is 9.59 Å². The third kappa shape index (κ3) is 5.77. The lowest BCUT2D eigenvalue weighted by Gasteiger charge is -2.08. The SMILES string of the molecule is COc1ccc(OCC(=O)NCC(=O)Nc2cccc(Cl)n2)cc1. The van der Waals surface area contributed by atoms with E-state index >= 15 is 0 Å². The maximum absolute atomic E-state index is 11.7. The molecule has 1 aromatic carbocycles. The number of methoxy groups -OCH3 is 1. The van der Waals surface area contributed by atoms with Gasteiger partial charge in [-0.15, -0.1) is 0 Å². The van der Waals surface area contributed by atoms with Crippen LogP contribution in [0.15, 0.2) is 42.5 Å². The lowest BCUT2D eigenvalue weighted by Crippen LogP contribution is -2.35. The average molecular weight is 350 g/mol. The van der Waals surface area contributed by atoms with Crippen LogP contribution in [0, 0.1) is 0 Å². The predicted octanol–water partition coefficient (Wildman–Crippen LogP) is 1.88. The van der Waals surface area contributed by atoms with Gasteiger partial charge in [0.2, 0.25) is 5.91 Å². The largest absolute Gasteiger partial charge is 0.497 e. The standard InChI is InChI=1S/C16H16ClN3O4/c1-23-11-5-7-12(8-6-11)24-10-16(22)18-9-15(21)20-14-4-2-3-13(17)19-14/h2-8H,9-10H2,1H3,(H,18,22)(H,19,20,21). The van der Waals surface area contributed by atoms with Crippen molar-refractivity contribution in [3.8, 4) is 11.5 Å². The third-order valence-electron chi connectivity index (χ3n) is 2.86. The summed E-state index contributed by atoms with van der Waals surface area (Å²) in [6, 6.07) is 11.7. The Morgan fingerprint density at radius 3 is 2.46 bits per heavy atom. The van der Waals surface area contributed by atoms with E-state index in [1.54, 1.807) is 49.6 Å². The zero-order valence-electron chi connectivity index (χ0n) is 12.9. The van der Waals surface area contributed by atoms with Gasteiger partial charge in [0.05, 0.1) is 13.7 Å². The van der Waals surface area contributed by atoms with Crippen LogP contribution in [0.4, 0.5) is 5.82 Å². The van der Waals surface area contributed by atoms with Gasteiger partial charge in [-0.1, -0.05) is 17.7 Å². The van der Waals surface area contributed by atoms with Crippen molar-refractivity contribution in [2.45, 2.75) is 0 Å². The van der Waals surface area contributed by atoms with Gasteiger partial charge < -0.3 is 20.1 Å². The molecule has 0 unspecified atom stereocenters. The van der Waals surface area contributed by atoms with Crippen LogP contribution in [0.5, 0.6) is 11.5 Å². The molecule has 24 heavy (non-hydrogen) atoms. The summed E-state index contributed by atoms with van der Waals surface area (Å²) in [5, 5.41) is 5.24. The molecule has 7 nitrogen and oxygen atoms in total. The van der Waals surface area contributed by atoms with E-state index in [4.69, 9.17) is 21.1 Å². The van der Waals surface area contributed by atoms with E-state index in [0.29, 0.717) is 17.3 Å². The van der Waals surface area contributed by atoms with Crippen molar-refractivity contribution in [2.24, 2.45) is 0 Å². The second kappa shape index (κ2) is 8.73. The molecule has 0 aliphatic carbocycles. The zero-order valence-corrected chi connectivity index (χ0v) is 13.7. The molecule has 0 aliphatic heterocycles. The number of ether oxygens (including phenoxy) is 2. The number of hydrogen-bond donors (Lipinski definition) is 2. The fourth-order valence-corrected chi connectivity index (χ4v) is 1.88. The Morgan fingerprint density at radius 1 is 1.08 bits per heavy atom. The summed E-state index contributed by atoms with van der Waals surface area (Å²) in [4.78, 5) is 27.3. The van der Waals surface area contributed by atoms with Crippen molar-refractivity contribution in [1.82, 2.24) is 10.3 Å². The minimum absolute atomic E-state index is 0.195. The Balaban J connectivity index is 1.71. The molecule has 2 aromatic rings. The number of rotatable bonds is 7. The molecule has 126 valence electrons. The van der Waals surface area contributed by atoms with E-state index in [-0.39, 0.29) is 18.3 Å². The molecule has 2 rings (SSSR count). The van der Waals surface area contributed by atoms with E-state index < -0.39 is 11.8 Å². The summed E-state index contributed by atoms with van der Waals surface area (Å²) >= 11 is 5.72. The molecule has 0 fully saturated rings. The molecule has 1 heterocycles. The Labute approximate surface area is 143 Å². The Bertz CT molecular complexity index is 707. The molecule has 0 bridgehead atoms. The van der Waals surface area contributed by atoms with Crippen LogP contribution < -0.4 is 20.1 Å². The van der Waals surface area contributed by atoms with E-state index in [1.807, 2.05) is 0 Å². The molecule has 0 saturated carbocycles. The van der Waals surface area contributed by atoms with Gasteiger partial charge in [0.25, 0.3) is 5.91 Å². The highest BCUT2D eigenvalue weighted by molar-refractivity contribution is 6.29. The molecule has 0 saturated heterocycles. The minimum atomic E-state index is -0.417. The fraction of sp³-hybridized carbons (Fsp3) is 0.188. The lowest BCUT2D eigenvalue weighted by molar-refractivity contribution is -0.125. The summed E-state index contributed by atoms with van der Waals surface area (Å²) in [5.41, 5.74) is 0. The lowest BCUT2D eigenvalue weighted by atomic mass is 10.3. The Morgan fingerprint density at radius 2 is 1.79 bits per heavy atom. The fourth-order valence-electron chi connectivity index (χ4n) is 1.72. The van der Waals surface area contributed by atoms with Gasteiger partial charge in [-0.2, -0.15) is 0 Å². The topological polar surface area (TPSA) is 89.5 Å². The number of anilines is 1. The molecule has 0 radical (unpaired) electrons. The smallest absolute Gasteiger partial charge is 0.258 e. The summed E-state index contributed by atoms with van der Waals surface area (Å²) in [5.74, 6) is 0.704. The molecule has 0 aliphatic rings. The van der Waals surface area contributed by atoms with Crippen molar-refractivity contribution in [2.75, 3.05) is 25.6 Å². The Kier molecular flexibility index (Phi) is 6.39. The first-order valence-corrected chi connectivity index (χ1v) is 7.40. The van der Waals surface area contributed by atoms with Crippen LogP contribution in [-0.4, -0.2) is 37.1 Å². The molecule has 2 amide bonds. The first-order valence-electron chi connectivity index (χ1n) is 7.03. The summed E-state index contributed by atoms with van der Waals surface area (Å²) < 4.78 is 10.3. The van der Waals surface area contributed by atoms with Crippen LogP contribution >= 0.6 is 11.6 Å². The number of benzene rings is 1. The van der Waals surface area contributed by atoms with Gasteiger partial charge in [0.15, 0.2) is 6.61 Å². The van der Waals surface area contributed by atoms with Crippen molar-refractivity contribution in [3.05, 3.63) is 47.6 Å². The first kappa shape index (κ1) is 17.6.